The van der Waals surface area contributed by atoms with Gasteiger partial charge in [-0.25, -0.2) is 4.68 Å². The Labute approximate surface area is 125 Å². The van der Waals surface area contributed by atoms with Gasteiger partial charge in [-0.1, -0.05) is 20.8 Å². The van der Waals surface area contributed by atoms with Gasteiger partial charge in [0.15, 0.2) is 0 Å². The number of hydrogen-bond acceptors (Lipinski definition) is 3. The van der Waals surface area contributed by atoms with E-state index in [0.29, 0.717) is 18.2 Å². The van der Waals surface area contributed by atoms with Gasteiger partial charge < -0.3 is 5.32 Å². The Hall–Kier alpha value is -1.65. The minimum Gasteiger partial charge on any atom is -0.348 e. The first-order chi connectivity index (χ1) is 9.80. The molecule has 0 spiro atoms. The molecule has 5 nitrogen and oxygen atoms in total. The lowest BCUT2D eigenvalue weighted by atomic mass is 9.70. The van der Waals surface area contributed by atoms with E-state index in [1.165, 1.54) is 23.2 Å². The van der Waals surface area contributed by atoms with Crippen molar-refractivity contribution in [1.29, 1.82) is 0 Å². The van der Waals surface area contributed by atoms with Crippen LogP contribution < -0.4 is 10.9 Å². The maximum Gasteiger partial charge on any atom is 0.271 e. The summed E-state index contributed by atoms with van der Waals surface area (Å²) in [6, 6.07) is 3.08. The molecule has 2 unspecified atom stereocenters. The number of aromatic nitrogens is 2. The molecule has 116 valence electrons. The third-order valence-electron chi connectivity index (χ3n) is 4.12. The normalized spacial score (nSPS) is 24.6. The molecule has 2 rings (SSSR count). The third kappa shape index (κ3) is 3.93. The monoisotopic (exact) mass is 291 g/mol. The van der Waals surface area contributed by atoms with Crippen molar-refractivity contribution in [1.82, 2.24) is 15.1 Å². The predicted octanol–water partition coefficient (Wildman–Crippen LogP) is 2.21. The second-order valence-electron chi connectivity index (χ2n) is 6.96. The number of nitrogens with one attached hydrogen (secondary N) is 1. The summed E-state index contributed by atoms with van der Waals surface area (Å²) in [7, 11) is 0. The summed E-state index contributed by atoms with van der Waals surface area (Å²) in [6.45, 7) is 9.03. The zero-order valence-electron chi connectivity index (χ0n) is 13.3. The van der Waals surface area contributed by atoms with Gasteiger partial charge in [-0.2, -0.15) is 5.10 Å². The average molecular weight is 291 g/mol. The number of hydrogen-bond donors (Lipinski definition) is 1. The van der Waals surface area contributed by atoms with Gasteiger partial charge in [0.25, 0.3) is 11.5 Å². The molecule has 1 heterocycles. The van der Waals surface area contributed by atoms with Crippen molar-refractivity contribution in [3.05, 3.63) is 28.2 Å². The van der Waals surface area contributed by atoms with E-state index in [9.17, 15) is 9.59 Å². The van der Waals surface area contributed by atoms with E-state index < -0.39 is 0 Å². The minimum atomic E-state index is -0.188. The van der Waals surface area contributed by atoms with Crippen LogP contribution in [0.5, 0.6) is 0 Å². The Kier molecular flexibility index (Phi) is 4.49. The molecule has 1 fully saturated rings. The second kappa shape index (κ2) is 6.00. The largest absolute Gasteiger partial charge is 0.348 e. The van der Waals surface area contributed by atoms with Crippen LogP contribution in [0.4, 0.5) is 0 Å². The molecule has 0 saturated heterocycles. The fraction of sp³-hybridized carbons (Fsp3) is 0.688. The van der Waals surface area contributed by atoms with Gasteiger partial charge in [-0.15, -0.1) is 0 Å². The molecule has 5 heteroatoms. The van der Waals surface area contributed by atoms with E-state index in [0.717, 1.165) is 12.8 Å². The molecule has 1 aromatic heterocycles. The molecule has 1 aromatic rings. The fourth-order valence-electron chi connectivity index (χ4n) is 3.51. The molecule has 1 aliphatic carbocycles. The van der Waals surface area contributed by atoms with Gasteiger partial charge in [-0.3, -0.25) is 9.59 Å². The summed E-state index contributed by atoms with van der Waals surface area (Å²) in [5, 5.41) is 7.18. The first kappa shape index (κ1) is 15.7. The first-order valence-corrected chi connectivity index (χ1v) is 7.70. The van der Waals surface area contributed by atoms with E-state index >= 15 is 0 Å². The quantitative estimate of drug-likeness (QED) is 0.928. The molecule has 1 amide bonds. The third-order valence-corrected chi connectivity index (χ3v) is 4.12. The van der Waals surface area contributed by atoms with Crippen molar-refractivity contribution in [2.45, 2.75) is 59.5 Å². The topological polar surface area (TPSA) is 64.0 Å². The van der Waals surface area contributed by atoms with Gasteiger partial charge in [0.1, 0.15) is 5.69 Å². The Balaban J connectivity index is 2.09. The maximum absolute atomic E-state index is 12.3. The predicted molar refractivity (Wildman–Crippen MR) is 82.2 cm³/mol. The minimum absolute atomic E-state index is 0.179. The summed E-state index contributed by atoms with van der Waals surface area (Å²) >= 11 is 0. The van der Waals surface area contributed by atoms with E-state index in [2.05, 4.69) is 31.2 Å². The van der Waals surface area contributed by atoms with Crippen molar-refractivity contribution in [3.63, 3.8) is 0 Å². The number of carbonyl (C=O) groups excluding carboxylic acids is 1. The lowest BCUT2D eigenvalue weighted by Crippen LogP contribution is -2.43. The van der Waals surface area contributed by atoms with Crippen molar-refractivity contribution >= 4 is 5.91 Å². The molecule has 2 atom stereocenters. The average Bonchev–Trinajstić information content (AvgIpc) is 2.36. The molecule has 0 aromatic carbocycles. The van der Waals surface area contributed by atoms with Crippen LogP contribution in [0, 0.1) is 11.3 Å². The Morgan fingerprint density at radius 1 is 1.43 bits per heavy atom. The summed E-state index contributed by atoms with van der Waals surface area (Å²) in [4.78, 5) is 23.8. The van der Waals surface area contributed by atoms with E-state index in [1.807, 2.05) is 6.92 Å². The van der Waals surface area contributed by atoms with Crippen LogP contribution >= 0.6 is 0 Å². The molecule has 0 aliphatic heterocycles. The molecule has 1 N–H and O–H groups in total. The fourth-order valence-corrected chi connectivity index (χ4v) is 3.51. The van der Waals surface area contributed by atoms with Gasteiger partial charge in [0, 0.05) is 18.7 Å². The molecule has 0 bridgehead atoms. The van der Waals surface area contributed by atoms with Crippen molar-refractivity contribution in [3.8, 4) is 0 Å². The number of carbonyl (C=O) groups is 1. The Bertz CT molecular complexity index is 577. The zero-order valence-corrected chi connectivity index (χ0v) is 13.3. The van der Waals surface area contributed by atoms with Crippen LogP contribution in [0.3, 0.4) is 0 Å². The van der Waals surface area contributed by atoms with Crippen molar-refractivity contribution < 1.29 is 4.79 Å². The highest BCUT2D eigenvalue weighted by molar-refractivity contribution is 5.92. The zero-order chi connectivity index (χ0) is 15.6. The highest BCUT2D eigenvalue weighted by atomic mass is 16.2. The number of nitrogens with zero attached hydrogens (tertiary/aromatic N) is 2. The van der Waals surface area contributed by atoms with Gasteiger partial charge in [0.05, 0.1) is 0 Å². The van der Waals surface area contributed by atoms with Crippen LogP contribution in [0.1, 0.15) is 57.4 Å². The highest BCUT2D eigenvalue weighted by Gasteiger charge is 2.32. The SMILES string of the molecule is CCn1nc(C(=O)NC2CC(C)CC(C)(C)C2)ccc1=O. The van der Waals surface area contributed by atoms with Crippen molar-refractivity contribution in [2.75, 3.05) is 0 Å². The van der Waals surface area contributed by atoms with Gasteiger partial charge >= 0.3 is 0 Å². The molecular weight excluding hydrogens is 266 g/mol. The second-order valence-corrected chi connectivity index (χ2v) is 6.96. The van der Waals surface area contributed by atoms with Crippen LogP contribution in [0.15, 0.2) is 16.9 Å². The number of amides is 1. The number of rotatable bonds is 3. The van der Waals surface area contributed by atoms with Crippen LogP contribution in [0.2, 0.25) is 0 Å². The lowest BCUT2D eigenvalue weighted by molar-refractivity contribution is 0.0867. The van der Waals surface area contributed by atoms with E-state index in [-0.39, 0.29) is 22.9 Å². The number of aryl methyl sites for hydroxylation is 1. The van der Waals surface area contributed by atoms with E-state index in [1.54, 1.807) is 0 Å². The van der Waals surface area contributed by atoms with E-state index in [4.69, 9.17) is 0 Å². The van der Waals surface area contributed by atoms with Crippen LogP contribution in [-0.4, -0.2) is 21.7 Å². The lowest BCUT2D eigenvalue weighted by Gasteiger charge is -2.39. The van der Waals surface area contributed by atoms with Gasteiger partial charge in [-0.05, 0) is 43.6 Å². The Morgan fingerprint density at radius 3 is 2.76 bits per heavy atom. The van der Waals surface area contributed by atoms with Gasteiger partial charge in [0.2, 0.25) is 0 Å². The highest BCUT2D eigenvalue weighted by Crippen LogP contribution is 2.38. The summed E-state index contributed by atoms with van der Waals surface area (Å²) in [5.74, 6) is 0.420. The Morgan fingerprint density at radius 2 is 2.14 bits per heavy atom. The summed E-state index contributed by atoms with van der Waals surface area (Å²) in [5.41, 5.74) is 0.388. The van der Waals surface area contributed by atoms with Crippen LogP contribution in [-0.2, 0) is 6.54 Å². The summed E-state index contributed by atoms with van der Waals surface area (Å²) < 4.78 is 1.31. The molecule has 1 saturated carbocycles. The first-order valence-electron chi connectivity index (χ1n) is 7.70. The molecule has 21 heavy (non-hydrogen) atoms. The standard InChI is InChI=1S/C16H25N3O2/c1-5-19-14(20)7-6-13(18-19)15(21)17-12-8-11(2)9-16(3,4)10-12/h6-7,11-12H,5,8-10H2,1-4H3,(H,17,21). The van der Waals surface area contributed by atoms with Crippen molar-refractivity contribution in [2.24, 2.45) is 11.3 Å². The molecule has 0 radical (unpaired) electrons. The summed E-state index contributed by atoms with van der Waals surface area (Å²) in [6.07, 6.45) is 3.18. The van der Waals surface area contributed by atoms with Crippen LogP contribution in [0.25, 0.3) is 0 Å². The smallest absolute Gasteiger partial charge is 0.271 e. The maximum atomic E-state index is 12.3. The molecule has 1 aliphatic rings. The molecular formula is C16H25N3O2.